The number of aliphatic carboxylic acids is 1. The van der Waals surface area contributed by atoms with Crippen LogP contribution in [0.3, 0.4) is 0 Å². The summed E-state index contributed by atoms with van der Waals surface area (Å²) in [5.41, 5.74) is 2.74. The first-order valence-corrected chi connectivity index (χ1v) is 5.55. The second kappa shape index (κ2) is 4.99. The van der Waals surface area contributed by atoms with Crippen molar-refractivity contribution in [2.75, 3.05) is 11.9 Å². The van der Waals surface area contributed by atoms with Gasteiger partial charge in [-0.3, -0.25) is 4.79 Å². The normalized spacial score (nSPS) is 20.9. The van der Waals surface area contributed by atoms with Gasteiger partial charge in [0.1, 0.15) is 6.04 Å². The quantitative estimate of drug-likeness (QED) is 0.670. The molecule has 86 valence electrons. The molecule has 4 nitrogen and oxygen atoms in total. The van der Waals surface area contributed by atoms with E-state index in [1.807, 2.05) is 6.07 Å². The van der Waals surface area contributed by atoms with E-state index in [1.54, 1.807) is 0 Å². The Morgan fingerprint density at radius 2 is 2.19 bits per heavy atom. The zero-order valence-corrected chi connectivity index (χ0v) is 9.07. The second-order valence-electron chi connectivity index (χ2n) is 4.00. The maximum atomic E-state index is 10.1. The first kappa shape index (κ1) is 11.0. The van der Waals surface area contributed by atoms with Crippen LogP contribution < -0.4 is 10.6 Å². The Morgan fingerprint density at radius 1 is 1.38 bits per heavy atom. The van der Waals surface area contributed by atoms with E-state index < -0.39 is 5.97 Å². The Labute approximate surface area is 94.7 Å². The van der Waals surface area contributed by atoms with Crippen molar-refractivity contribution in [1.82, 2.24) is 5.32 Å². The number of nitrogens with one attached hydrogen (secondary N) is 2. The standard InChI is InChI=1S/C7H7N.C5H9NO2/c1-2-4-7-6(3-1)5-8-7;7-5(8)4-2-1-3-6-4/h1-4,8H,5H2;4,6H,1-3H2,(H,7,8). The molecule has 2 aliphatic rings. The fraction of sp³-hybridized carbons (Fsp3) is 0.417. The average molecular weight is 220 g/mol. The summed E-state index contributed by atoms with van der Waals surface area (Å²) in [4.78, 5) is 10.1. The number of anilines is 1. The van der Waals surface area contributed by atoms with Gasteiger partial charge in [-0.15, -0.1) is 0 Å². The number of rotatable bonds is 1. The van der Waals surface area contributed by atoms with E-state index >= 15 is 0 Å². The lowest BCUT2D eigenvalue weighted by Gasteiger charge is -2.19. The summed E-state index contributed by atoms with van der Waals surface area (Å²) in [5.74, 6) is -0.720. The third kappa shape index (κ3) is 2.52. The molecule has 0 amide bonds. The molecular formula is C12H16N2O2. The molecular weight excluding hydrogens is 204 g/mol. The van der Waals surface area contributed by atoms with Crippen molar-refractivity contribution in [3.63, 3.8) is 0 Å². The molecule has 1 unspecified atom stereocenters. The van der Waals surface area contributed by atoms with Gasteiger partial charge >= 0.3 is 5.97 Å². The number of hydrogen-bond donors (Lipinski definition) is 3. The molecule has 0 aromatic heterocycles. The number of carbonyl (C=O) groups is 1. The van der Waals surface area contributed by atoms with E-state index in [1.165, 1.54) is 11.3 Å². The van der Waals surface area contributed by atoms with Crippen LogP contribution in [0.25, 0.3) is 0 Å². The van der Waals surface area contributed by atoms with E-state index in [-0.39, 0.29) is 6.04 Å². The monoisotopic (exact) mass is 220 g/mol. The molecule has 3 N–H and O–H groups in total. The molecule has 16 heavy (non-hydrogen) atoms. The molecule has 0 radical (unpaired) electrons. The topological polar surface area (TPSA) is 61.4 Å². The molecule has 1 saturated heterocycles. The minimum absolute atomic E-state index is 0.269. The summed E-state index contributed by atoms with van der Waals surface area (Å²) in [6, 6.07) is 8.09. The van der Waals surface area contributed by atoms with Crippen molar-refractivity contribution < 1.29 is 9.90 Å². The van der Waals surface area contributed by atoms with Crippen molar-refractivity contribution in [2.24, 2.45) is 0 Å². The molecule has 2 aliphatic heterocycles. The number of benzene rings is 1. The van der Waals surface area contributed by atoms with Crippen molar-refractivity contribution in [3.8, 4) is 0 Å². The van der Waals surface area contributed by atoms with E-state index in [2.05, 4.69) is 28.8 Å². The fourth-order valence-electron chi connectivity index (χ4n) is 1.83. The number of carboxylic acid groups (broad SMARTS) is 1. The van der Waals surface area contributed by atoms with E-state index in [4.69, 9.17) is 5.11 Å². The predicted octanol–water partition coefficient (Wildman–Crippen LogP) is 1.44. The summed E-state index contributed by atoms with van der Waals surface area (Å²) in [7, 11) is 0. The van der Waals surface area contributed by atoms with Gasteiger partial charge in [-0.05, 0) is 31.0 Å². The van der Waals surface area contributed by atoms with Gasteiger partial charge in [0, 0.05) is 12.2 Å². The molecule has 0 bridgehead atoms. The van der Waals surface area contributed by atoms with Crippen LogP contribution in [0.4, 0.5) is 5.69 Å². The summed E-state index contributed by atoms with van der Waals surface area (Å²) in [6.07, 6.45) is 1.78. The molecule has 0 spiro atoms. The van der Waals surface area contributed by atoms with Gasteiger partial charge in [-0.25, -0.2) is 0 Å². The summed E-state index contributed by atoms with van der Waals surface area (Å²) < 4.78 is 0. The molecule has 3 rings (SSSR count). The summed E-state index contributed by atoms with van der Waals surface area (Å²) in [5, 5.41) is 14.4. The van der Waals surface area contributed by atoms with Gasteiger partial charge in [0.2, 0.25) is 0 Å². The number of carboxylic acids is 1. The largest absolute Gasteiger partial charge is 0.480 e. The first-order chi connectivity index (χ1) is 7.77. The molecule has 1 fully saturated rings. The highest BCUT2D eigenvalue weighted by Crippen LogP contribution is 2.23. The maximum absolute atomic E-state index is 10.1. The van der Waals surface area contributed by atoms with E-state index in [0.717, 1.165) is 25.9 Å². The zero-order chi connectivity index (χ0) is 11.4. The van der Waals surface area contributed by atoms with Gasteiger partial charge in [-0.1, -0.05) is 18.2 Å². The van der Waals surface area contributed by atoms with Crippen LogP contribution in [0.15, 0.2) is 24.3 Å². The fourth-order valence-corrected chi connectivity index (χ4v) is 1.83. The molecule has 4 heteroatoms. The second-order valence-corrected chi connectivity index (χ2v) is 4.00. The van der Waals surface area contributed by atoms with Crippen LogP contribution >= 0.6 is 0 Å². The lowest BCUT2D eigenvalue weighted by Crippen LogP contribution is -2.29. The highest BCUT2D eigenvalue weighted by molar-refractivity contribution is 5.73. The van der Waals surface area contributed by atoms with Crippen LogP contribution in [0.1, 0.15) is 18.4 Å². The Hall–Kier alpha value is -1.55. The first-order valence-electron chi connectivity index (χ1n) is 5.55. The van der Waals surface area contributed by atoms with Crippen LogP contribution in [0, 0.1) is 0 Å². The minimum Gasteiger partial charge on any atom is -0.480 e. The lowest BCUT2D eigenvalue weighted by molar-refractivity contribution is -0.139. The van der Waals surface area contributed by atoms with Crippen LogP contribution in [0.5, 0.6) is 0 Å². The van der Waals surface area contributed by atoms with Crippen molar-refractivity contribution >= 4 is 11.7 Å². The summed E-state index contributed by atoms with van der Waals surface area (Å²) >= 11 is 0. The third-order valence-electron chi connectivity index (χ3n) is 2.85. The van der Waals surface area contributed by atoms with E-state index in [0.29, 0.717) is 0 Å². The predicted molar refractivity (Wildman–Crippen MR) is 62.4 cm³/mol. The van der Waals surface area contributed by atoms with Crippen LogP contribution in [0.2, 0.25) is 0 Å². The number of fused-ring (bicyclic) bond motifs is 1. The van der Waals surface area contributed by atoms with Crippen molar-refractivity contribution in [2.45, 2.75) is 25.4 Å². The van der Waals surface area contributed by atoms with Gasteiger partial charge in [-0.2, -0.15) is 0 Å². The SMILES string of the molecule is O=C(O)C1CCCN1.c1ccc2c(c1)CN2. The molecule has 1 atom stereocenters. The van der Waals surface area contributed by atoms with Gasteiger partial charge in [0.05, 0.1) is 0 Å². The Morgan fingerprint density at radius 3 is 2.50 bits per heavy atom. The highest BCUT2D eigenvalue weighted by Gasteiger charge is 2.20. The maximum Gasteiger partial charge on any atom is 0.320 e. The molecule has 1 aromatic carbocycles. The smallest absolute Gasteiger partial charge is 0.320 e. The van der Waals surface area contributed by atoms with Crippen molar-refractivity contribution in [1.29, 1.82) is 0 Å². The van der Waals surface area contributed by atoms with Gasteiger partial charge in [0.15, 0.2) is 0 Å². The number of para-hydroxylation sites is 1. The van der Waals surface area contributed by atoms with Crippen LogP contribution in [-0.4, -0.2) is 23.7 Å². The minimum atomic E-state index is -0.720. The Bertz CT molecular complexity index is 350. The number of hydrogen-bond acceptors (Lipinski definition) is 3. The molecule has 1 aromatic rings. The van der Waals surface area contributed by atoms with Crippen LogP contribution in [-0.2, 0) is 11.3 Å². The zero-order valence-electron chi connectivity index (χ0n) is 9.07. The van der Waals surface area contributed by atoms with E-state index in [9.17, 15) is 4.79 Å². The van der Waals surface area contributed by atoms with Gasteiger partial charge in [0.25, 0.3) is 0 Å². The Kier molecular flexibility index (Phi) is 3.41. The highest BCUT2D eigenvalue weighted by atomic mass is 16.4. The molecule has 0 aliphatic carbocycles. The van der Waals surface area contributed by atoms with Crippen molar-refractivity contribution in [3.05, 3.63) is 29.8 Å². The Balaban J connectivity index is 0.000000120. The van der Waals surface area contributed by atoms with Gasteiger partial charge < -0.3 is 15.7 Å². The third-order valence-corrected chi connectivity index (χ3v) is 2.85. The lowest BCUT2D eigenvalue weighted by atomic mass is 10.1. The molecule has 0 saturated carbocycles. The summed E-state index contributed by atoms with van der Waals surface area (Å²) in [6.45, 7) is 1.91. The molecule has 2 heterocycles. The average Bonchev–Trinajstić information content (AvgIpc) is 2.74.